The van der Waals surface area contributed by atoms with Crippen LogP contribution in [0.4, 0.5) is 0 Å². The zero-order valence-corrected chi connectivity index (χ0v) is 8.41. The van der Waals surface area contributed by atoms with Crippen molar-refractivity contribution < 1.29 is 4.74 Å². The standard InChI is InChI=1S/C9H7BrN2O/c10-8-5-12-6(4-11)3-9(8)13-7-1-2-7/h3,5,7H,1-2H2. The Kier molecular flexibility index (Phi) is 2.19. The molecule has 1 aliphatic rings. The lowest BCUT2D eigenvalue weighted by atomic mass is 10.3. The predicted octanol–water partition coefficient (Wildman–Crippen LogP) is 2.26. The van der Waals surface area contributed by atoms with Gasteiger partial charge in [-0.25, -0.2) is 4.98 Å². The van der Waals surface area contributed by atoms with Crippen LogP contribution in [0, 0.1) is 11.3 Å². The van der Waals surface area contributed by atoms with Gasteiger partial charge in [-0.2, -0.15) is 5.26 Å². The van der Waals surface area contributed by atoms with E-state index in [4.69, 9.17) is 10.00 Å². The number of rotatable bonds is 2. The van der Waals surface area contributed by atoms with Gasteiger partial charge in [-0.3, -0.25) is 0 Å². The number of ether oxygens (including phenoxy) is 1. The molecule has 0 bridgehead atoms. The van der Waals surface area contributed by atoms with Crippen molar-refractivity contribution in [2.75, 3.05) is 0 Å². The Labute approximate surface area is 84.5 Å². The summed E-state index contributed by atoms with van der Waals surface area (Å²) < 4.78 is 6.36. The Morgan fingerprint density at radius 3 is 3.00 bits per heavy atom. The Hall–Kier alpha value is -1.08. The van der Waals surface area contributed by atoms with Crippen molar-refractivity contribution in [3.05, 3.63) is 22.4 Å². The minimum atomic E-state index is 0.338. The van der Waals surface area contributed by atoms with Crippen LogP contribution in [0.25, 0.3) is 0 Å². The maximum absolute atomic E-state index is 8.62. The smallest absolute Gasteiger partial charge is 0.144 e. The molecule has 1 saturated carbocycles. The molecule has 0 radical (unpaired) electrons. The molecule has 1 aromatic heterocycles. The highest BCUT2D eigenvalue weighted by atomic mass is 79.9. The van der Waals surface area contributed by atoms with Crippen LogP contribution in [-0.4, -0.2) is 11.1 Å². The molecule has 1 aromatic rings. The summed E-state index contributed by atoms with van der Waals surface area (Å²) in [6.45, 7) is 0. The highest BCUT2D eigenvalue weighted by Gasteiger charge is 2.24. The highest BCUT2D eigenvalue weighted by molar-refractivity contribution is 9.10. The zero-order valence-electron chi connectivity index (χ0n) is 6.83. The lowest BCUT2D eigenvalue weighted by Crippen LogP contribution is -1.97. The van der Waals surface area contributed by atoms with E-state index in [-0.39, 0.29) is 0 Å². The third-order valence-electron chi connectivity index (χ3n) is 1.75. The second-order valence-electron chi connectivity index (χ2n) is 2.93. The molecule has 0 aliphatic heterocycles. The first-order valence-corrected chi connectivity index (χ1v) is 4.81. The molecule has 66 valence electrons. The quantitative estimate of drug-likeness (QED) is 0.795. The predicted molar refractivity (Wildman–Crippen MR) is 50.3 cm³/mol. The number of hydrogen-bond donors (Lipinski definition) is 0. The molecule has 0 aromatic carbocycles. The van der Waals surface area contributed by atoms with Gasteiger partial charge in [0.25, 0.3) is 0 Å². The number of hydrogen-bond acceptors (Lipinski definition) is 3. The molecular formula is C9H7BrN2O. The monoisotopic (exact) mass is 238 g/mol. The molecule has 0 amide bonds. The molecule has 0 atom stereocenters. The average molecular weight is 239 g/mol. The van der Waals surface area contributed by atoms with Crippen molar-refractivity contribution in [1.82, 2.24) is 4.98 Å². The zero-order chi connectivity index (χ0) is 9.26. The van der Waals surface area contributed by atoms with E-state index in [1.54, 1.807) is 12.3 Å². The molecule has 0 unspecified atom stereocenters. The molecule has 13 heavy (non-hydrogen) atoms. The topological polar surface area (TPSA) is 45.9 Å². The molecule has 3 nitrogen and oxygen atoms in total. The molecular weight excluding hydrogens is 232 g/mol. The second kappa shape index (κ2) is 3.35. The van der Waals surface area contributed by atoms with Gasteiger partial charge in [0.15, 0.2) is 0 Å². The third-order valence-corrected chi connectivity index (χ3v) is 2.35. The molecule has 1 aliphatic carbocycles. The van der Waals surface area contributed by atoms with E-state index in [0.717, 1.165) is 17.3 Å². The Morgan fingerprint density at radius 1 is 1.62 bits per heavy atom. The summed E-state index contributed by atoms with van der Waals surface area (Å²) in [5.41, 5.74) is 0.388. The van der Waals surface area contributed by atoms with Crippen LogP contribution in [0.3, 0.4) is 0 Å². The average Bonchev–Trinajstić information content (AvgIpc) is 2.93. The molecule has 2 rings (SSSR count). The van der Waals surface area contributed by atoms with Gasteiger partial charge in [0.1, 0.15) is 17.5 Å². The van der Waals surface area contributed by atoms with Crippen molar-refractivity contribution in [2.45, 2.75) is 18.9 Å². The maximum atomic E-state index is 8.62. The third kappa shape index (κ3) is 1.99. The van der Waals surface area contributed by atoms with Crippen molar-refractivity contribution in [1.29, 1.82) is 5.26 Å². The summed E-state index contributed by atoms with van der Waals surface area (Å²) in [5, 5.41) is 8.62. The van der Waals surface area contributed by atoms with Crippen LogP contribution in [0.1, 0.15) is 18.5 Å². The van der Waals surface area contributed by atoms with Crippen molar-refractivity contribution >= 4 is 15.9 Å². The Morgan fingerprint density at radius 2 is 2.38 bits per heavy atom. The molecule has 0 N–H and O–H groups in total. The van der Waals surface area contributed by atoms with Crippen LogP contribution in [0.15, 0.2) is 16.7 Å². The van der Waals surface area contributed by atoms with Gasteiger partial charge in [-0.05, 0) is 28.8 Å². The second-order valence-corrected chi connectivity index (χ2v) is 3.78. The molecule has 1 heterocycles. The van der Waals surface area contributed by atoms with Crippen LogP contribution in [0.5, 0.6) is 5.75 Å². The Balaban J connectivity index is 2.25. The van der Waals surface area contributed by atoms with Gasteiger partial charge in [0, 0.05) is 12.3 Å². The van der Waals surface area contributed by atoms with E-state index in [0.29, 0.717) is 17.5 Å². The summed E-state index contributed by atoms with van der Waals surface area (Å²) in [4.78, 5) is 3.90. The van der Waals surface area contributed by atoms with E-state index in [1.807, 2.05) is 6.07 Å². The van der Waals surface area contributed by atoms with Gasteiger partial charge in [-0.15, -0.1) is 0 Å². The SMILES string of the molecule is N#Cc1cc(OC2CC2)c(Br)cn1. The van der Waals surface area contributed by atoms with E-state index < -0.39 is 0 Å². The van der Waals surface area contributed by atoms with Gasteiger partial charge >= 0.3 is 0 Å². The minimum Gasteiger partial charge on any atom is -0.489 e. The van der Waals surface area contributed by atoms with Gasteiger partial charge < -0.3 is 4.74 Å². The summed E-state index contributed by atoms with van der Waals surface area (Å²) in [5.74, 6) is 0.717. The maximum Gasteiger partial charge on any atom is 0.144 e. The van der Waals surface area contributed by atoms with Gasteiger partial charge in [0.2, 0.25) is 0 Å². The van der Waals surface area contributed by atoms with E-state index in [2.05, 4.69) is 20.9 Å². The van der Waals surface area contributed by atoms with Crippen molar-refractivity contribution in [3.8, 4) is 11.8 Å². The van der Waals surface area contributed by atoms with Crippen LogP contribution >= 0.6 is 15.9 Å². The van der Waals surface area contributed by atoms with Crippen molar-refractivity contribution in [2.24, 2.45) is 0 Å². The molecule has 4 heteroatoms. The fraction of sp³-hybridized carbons (Fsp3) is 0.333. The number of nitriles is 1. The van der Waals surface area contributed by atoms with Crippen LogP contribution in [0.2, 0.25) is 0 Å². The van der Waals surface area contributed by atoms with E-state index in [1.165, 1.54) is 0 Å². The van der Waals surface area contributed by atoms with Gasteiger partial charge in [0.05, 0.1) is 10.6 Å². The van der Waals surface area contributed by atoms with Crippen LogP contribution < -0.4 is 4.74 Å². The molecule has 1 fully saturated rings. The number of nitrogens with zero attached hydrogens (tertiary/aromatic N) is 2. The van der Waals surface area contributed by atoms with E-state index in [9.17, 15) is 0 Å². The summed E-state index contributed by atoms with van der Waals surface area (Å²) >= 11 is 3.32. The summed E-state index contributed by atoms with van der Waals surface area (Å²) in [6.07, 6.45) is 4.15. The normalized spacial score (nSPS) is 15.1. The Bertz CT molecular complexity index is 368. The lowest BCUT2D eigenvalue weighted by molar-refractivity contribution is 0.301. The lowest BCUT2D eigenvalue weighted by Gasteiger charge is -2.05. The fourth-order valence-electron chi connectivity index (χ4n) is 0.937. The number of pyridine rings is 1. The first-order valence-electron chi connectivity index (χ1n) is 4.02. The summed E-state index contributed by atoms with van der Waals surface area (Å²) in [7, 11) is 0. The van der Waals surface area contributed by atoms with Gasteiger partial charge in [-0.1, -0.05) is 0 Å². The fourth-order valence-corrected chi connectivity index (χ4v) is 1.25. The highest BCUT2D eigenvalue weighted by Crippen LogP contribution is 2.31. The number of halogens is 1. The first-order chi connectivity index (χ1) is 6.29. The van der Waals surface area contributed by atoms with Crippen molar-refractivity contribution in [3.63, 3.8) is 0 Å². The molecule has 0 spiro atoms. The summed E-state index contributed by atoms with van der Waals surface area (Å²) in [6, 6.07) is 3.63. The largest absolute Gasteiger partial charge is 0.489 e. The van der Waals surface area contributed by atoms with E-state index >= 15 is 0 Å². The van der Waals surface area contributed by atoms with Crippen LogP contribution in [-0.2, 0) is 0 Å². The minimum absolute atomic E-state index is 0.338. The first kappa shape index (κ1) is 8.52. The number of aromatic nitrogens is 1. The molecule has 0 saturated heterocycles.